The highest BCUT2D eigenvalue weighted by Gasteiger charge is 2.27. The van der Waals surface area contributed by atoms with Crippen LogP contribution in [0.4, 0.5) is 0 Å². The first-order chi connectivity index (χ1) is 22.3. The number of aliphatic hydroxyl groups is 2. The molecule has 0 heterocycles. The fraction of sp³-hybridized carbons (Fsp3) is 0.795. The van der Waals surface area contributed by atoms with Gasteiger partial charge in [-0.2, -0.15) is 0 Å². The number of unbranched alkanes of at least 4 members (excludes halogenated alkanes) is 14. The maximum Gasteiger partial charge on any atom is 0.333 e. The van der Waals surface area contributed by atoms with Crippen LogP contribution in [0.3, 0.4) is 0 Å². The van der Waals surface area contributed by atoms with Crippen molar-refractivity contribution in [3.63, 3.8) is 0 Å². The van der Waals surface area contributed by atoms with Crippen molar-refractivity contribution in [1.29, 1.82) is 0 Å². The first-order valence-corrected chi connectivity index (χ1v) is 18.8. The molecule has 3 unspecified atom stereocenters. The Balaban J connectivity index is 2.55. The predicted octanol–water partition coefficient (Wildman–Crippen LogP) is 8.84. The highest BCUT2D eigenvalue weighted by Crippen LogP contribution is 2.18. The fourth-order valence-corrected chi connectivity index (χ4v) is 6.20. The Morgan fingerprint density at radius 1 is 0.674 bits per heavy atom. The van der Waals surface area contributed by atoms with Gasteiger partial charge in [-0.25, -0.2) is 4.79 Å². The van der Waals surface area contributed by atoms with Gasteiger partial charge in [-0.05, 0) is 38.1 Å². The lowest BCUT2D eigenvalue weighted by Gasteiger charge is -2.28. The molecule has 1 aromatic rings. The van der Waals surface area contributed by atoms with Gasteiger partial charge in [-0.3, -0.25) is 9.69 Å². The number of hydrogen-bond acceptors (Lipinski definition) is 6. The number of ketones is 1. The quantitative estimate of drug-likeness (QED) is 0.0530. The zero-order valence-corrected chi connectivity index (χ0v) is 29.7. The second-order valence-electron chi connectivity index (χ2n) is 13.6. The second-order valence-corrected chi connectivity index (χ2v) is 13.6. The molecule has 0 aliphatic heterocycles. The molecule has 1 rings (SSSR count). The summed E-state index contributed by atoms with van der Waals surface area (Å²) in [6.07, 6.45) is 20.6. The zero-order chi connectivity index (χ0) is 33.8. The number of benzene rings is 1. The molecular formula is C39H69NO6. The molecule has 1 aromatic carbocycles. The number of rotatable bonds is 32. The van der Waals surface area contributed by atoms with Gasteiger partial charge < -0.3 is 20.1 Å². The minimum Gasteiger partial charge on any atom is -0.479 e. The van der Waals surface area contributed by atoms with Crippen LogP contribution in [0.25, 0.3) is 0 Å². The summed E-state index contributed by atoms with van der Waals surface area (Å²) in [5.41, 5.74) is 0.506. The van der Waals surface area contributed by atoms with Gasteiger partial charge in [0, 0.05) is 18.7 Å². The molecule has 0 fully saturated rings. The second kappa shape index (κ2) is 28.2. The van der Waals surface area contributed by atoms with E-state index < -0.39 is 24.3 Å². The van der Waals surface area contributed by atoms with Crippen molar-refractivity contribution in [2.24, 2.45) is 5.92 Å². The summed E-state index contributed by atoms with van der Waals surface area (Å²) >= 11 is 0. The highest BCUT2D eigenvalue weighted by atomic mass is 16.5. The summed E-state index contributed by atoms with van der Waals surface area (Å²) < 4.78 is 5.61. The molecule has 0 amide bonds. The minimum atomic E-state index is -1.07. The molecule has 0 spiro atoms. The van der Waals surface area contributed by atoms with Gasteiger partial charge in [-0.15, -0.1) is 0 Å². The van der Waals surface area contributed by atoms with E-state index in [1.165, 1.54) is 77.0 Å². The van der Waals surface area contributed by atoms with E-state index in [2.05, 4.69) is 18.7 Å². The van der Waals surface area contributed by atoms with Crippen LogP contribution in [-0.4, -0.2) is 76.5 Å². The van der Waals surface area contributed by atoms with Crippen molar-refractivity contribution in [1.82, 2.24) is 4.90 Å². The van der Waals surface area contributed by atoms with Gasteiger partial charge in [0.1, 0.15) is 6.61 Å². The number of aliphatic carboxylic acids is 1. The molecule has 4 atom stereocenters. The van der Waals surface area contributed by atoms with E-state index in [4.69, 9.17) is 4.74 Å². The average Bonchev–Trinajstić information content (AvgIpc) is 3.03. The standard InChI is InChI=1S/C39H69NO6/c1-4-6-8-10-12-14-16-21-27-35(41)30-40(31-36(42)28-22-17-15-13-11-9-7-5-2)29-23-24-33(3)38(39(44)45)46-32-37(43)34-25-19-18-20-26-34/h18-20,25-26,33,35-36,38,41-42H,4-17,21-24,27-32H2,1-3H3,(H,44,45)/t33?,35-,36?,38?/m1/s1. The number of carboxylic acid groups (broad SMARTS) is 1. The Morgan fingerprint density at radius 2 is 1.13 bits per heavy atom. The normalized spacial score (nSPS) is 14.3. The van der Waals surface area contributed by atoms with Crippen LogP contribution in [-0.2, 0) is 9.53 Å². The maximum atomic E-state index is 12.5. The van der Waals surface area contributed by atoms with Crippen LogP contribution in [0, 0.1) is 5.92 Å². The van der Waals surface area contributed by atoms with Gasteiger partial charge in [-0.1, -0.05) is 154 Å². The van der Waals surface area contributed by atoms with E-state index in [-0.39, 0.29) is 18.3 Å². The summed E-state index contributed by atoms with van der Waals surface area (Å²) in [6.45, 7) is 7.76. The van der Waals surface area contributed by atoms with Crippen molar-refractivity contribution >= 4 is 11.8 Å². The van der Waals surface area contributed by atoms with Gasteiger partial charge >= 0.3 is 5.97 Å². The summed E-state index contributed by atoms with van der Waals surface area (Å²) in [7, 11) is 0. The molecule has 0 saturated carbocycles. The largest absolute Gasteiger partial charge is 0.479 e. The van der Waals surface area contributed by atoms with Gasteiger partial charge in [0.25, 0.3) is 0 Å². The predicted molar refractivity (Wildman–Crippen MR) is 189 cm³/mol. The first-order valence-electron chi connectivity index (χ1n) is 18.8. The first kappa shape index (κ1) is 42.2. The molecule has 0 aromatic heterocycles. The fourth-order valence-electron chi connectivity index (χ4n) is 6.20. The third-order valence-electron chi connectivity index (χ3n) is 9.10. The van der Waals surface area contributed by atoms with Crippen LogP contribution in [0.2, 0.25) is 0 Å². The molecule has 0 saturated heterocycles. The van der Waals surface area contributed by atoms with Crippen molar-refractivity contribution in [2.45, 2.75) is 167 Å². The van der Waals surface area contributed by atoms with Crippen molar-refractivity contribution in [2.75, 3.05) is 26.2 Å². The molecule has 0 aliphatic rings. The SMILES string of the molecule is CCCCCCCCCCC(O)CN(CCCC(C)C(OCC(=O)c1ccccc1)C(=O)O)C[C@H](O)CCCCCCCCCC. The lowest BCUT2D eigenvalue weighted by molar-refractivity contribution is -0.153. The molecule has 46 heavy (non-hydrogen) atoms. The van der Waals surface area contributed by atoms with Crippen LogP contribution in [0.15, 0.2) is 30.3 Å². The van der Waals surface area contributed by atoms with Crippen LogP contribution < -0.4 is 0 Å². The third-order valence-corrected chi connectivity index (χ3v) is 9.10. The Morgan fingerprint density at radius 3 is 1.59 bits per heavy atom. The van der Waals surface area contributed by atoms with E-state index in [0.717, 1.165) is 44.9 Å². The third kappa shape index (κ3) is 21.9. The molecule has 0 radical (unpaired) electrons. The number of aliphatic hydroxyl groups excluding tert-OH is 2. The number of nitrogens with zero attached hydrogens (tertiary/aromatic N) is 1. The van der Waals surface area contributed by atoms with Gasteiger partial charge in [0.2, 0.25) is 0 Å². The number of carbonyl (C=O) groups excluding carboxylic acids is 1. The molecular weight excluding hydrogens is 578 g/mol. The van der Waals surface area contributed by atoms with E-state index in [1.54, 1.807) is 24.3 Å². The number of ether oxygens (including phenoxy) is 1. The molecule has 7 nitrogen and oxygen atoms in total. The number of hydrogen-bond donors (Lipinski definition) is 3. The van der Waals surface area contributed by atoms with Crippen molar-refractivity contribution in [3.05, 3.63) is 35.9 Å². The Bertz CT molecular complexity index is 837. The van der Waals surface area contributed by atoms with E-state index >= 15 is 0 Å². The average molecular weight is 648 g/mol. The van der Waals surface area contributed by atoms with Crippen LogP contribution in [0.1, 0.15) is 160 Å². The Hall–Kier alpha value is -1.80. The van der Waals surface area contributed by atoms with Crippen molar-refractivity contribution in [3.8, 4) is 0 Å². The van der Waals surface area contributed by atoms with Gasteiger partial charge in [0.15, 0.2) is 11.9 Å². The smallest absolute Gasteiger partial charge is 0.333 e. The molecule has 7 heteroatoms. The molecule has 0 aliphatic carbocycles. The molecule has 0 bridgehead atoms. The maximum absolute atomic E-state index is 12.5. The number of Topliss-reactive ketones (excluding diaryl/α,β-unsaturated/α-hetero) is 1. The Labute approximate surface area is 281 Å². The monoisotopic (exact) mass is 648 g/mol. The van der Waals surface area contributed by atoms with E-state index in [1.807, 2.05) is 13.0 Å². The van der Waals surface area contributed by atoms with Crippen LogP contribution >= 0.6 is 0 Å². The zero-order valence-electron chi connectivity index (χ0n) is 29.7. The topological polar surface area (TPSA) is 107 Å². The number of carbonyl (C=O) groups is 2. The summed E-state index contributed by atoms with van der Waals surface area (Å²) in [5, 5.41) is 31.6. The van der Waals surface area contributed by atoms with E-state index in [9.17, 15) is 24.9 Å². The van der Waals surface area contributed by atoms with Crippen molar-refractivity contribution < 1.29 is 29.6 Å². The summed E-state index contributed by atoms with van der Waals surface area (Å²) in [4.78, 5) is 26.6. The minimum absolute atomic E-state index is 0.235. The Kier molecular flexibility index (Phi) is 25.9. The lowest BCUT2D eigenvalue weighted by Crippen LogP contribution is -2.39. The highest BCUT2D eigenvalue weighted by molar-refractivity contribution is 5.97. The summed E-state index contributed by atoms with van der Waals surface area (Å²) in [5.74, 6) is -1.58. The number of carboxylic acids is 1. The van der Waals surface area contributed by atoms with Gasteiger partial charge in [0.05, 0.1) is 12.2 Å². The summed E-state index contributed by atoms with van der Waals surface area (Å²) in [6, 6.07) is 8.77. The molecule has 266 valence electrons. The lowest BCUT2D eigenvalue weighted by atomic mass is 9.98. The van der Waals surface area contributed by atoms with E-state index in [0.29, 0.717) is 31.6 Å². The molecule has 3 N–H and O–H groups in total. The van der Waals surface area contributed by atoms with Crippen LogP contribution in [0.5, 0.6) is 0 Å².